The lowest BCUT2D eigenvalue weighted by molar-refractivity contribution is -0.115. The van der Waals surface area contributed by atoms with E-state index < -0.39 is 5.25 Å². The van der Waals surface area contributed by atoms with Crippen LogP contribution in [0.15, 0.2) is 71.2 Å². The SMILES string of the molecule is Cc1ccc(C)c(NC(=O)[C@@H](Sc2n[nH]c(-c3cccs3)n2)c2ccccc2)c1. The van der Waals surface area contributed by atoms with Gasteiger partial charge in [0.2, 0.25) is 11.1 Å². The number of amides is 1. The van der Waals surface area contributed by atoms with Gasteiger partial charge in [-0.25, -0.2) is 4.98 Å². The molecule has 1 amide bonds. The molecular formula is C22H20N4OS2. The Morgan fingerprint density at radius 2 is 1.93 bits per heavy atom. The van der Waals surface area contributed by atoms with E-state index in [-0.39, 0.29) is 5.91 Å². The highest BCUT2D eigenvalue weighted by Crippen LogP contribution is 2.35. The van der Waals surface area contributed by atoms with Crippen molar-refractivity contribution in [3.8, 4) is 10.7 Å². The van der Waals surface area contributed by atoms with Crippen molar-refractivity contribution in [2.45, 2.75) is 24.3 Å². The number of thioether (sulfide) groups is 1. The lowest BCUT2D eigenvalue weighted by atomic mass is 10.1. The van der Waals surface area contributed by atoms with Crippen LogP contribution in [0.5, 0.6) is 0 Å². The summed E-state index contributed by atoms with van der Waals surface area (Å²) in [5.41, 5.74) is 3.86. The molecule has 1 atom stereocenters. The second kappa shape index (κ2) is 8.63. The molecule has 5 nitrogen and oxygen atoms in total. The van der Waals surface area contributed by atoms with Crippen molar-refractivity contribution < 1.29 is 4.79 Å². The third kappa shape index (κ3) is 4.58. The van der Waals surface area contributed by atoms with E-state index in [0.717, 1.165) is 27.3 Å². The van der Waals surface area contributed by atoms with Gasteiger partial charge in [-0.2, -0.15) is 0 Å². The summed E-state index contributed by atoms with van der Waals surface area (Å²) in [5, 5.41) is 12.4. The summed E-state index contributed by atoms with van der Waals surface area (Å²) in [6, 6.07) is 19.7. The van der Waals surface area contributed by atoms with Crippen LogP contribution in [0.3, 0.4) is 0 Å². The molecule has 7 heteroatoms. The second-order valence-electron chi connectivity index (χ2n) is 6.66. The molecule has 0 bridgehead atoms. The molecule has 2 aromatic carbocycles. The Hall–Kier alpha value is -2.90. The molecule has 0 radical (unpaired) electrons. The molecule has 4 rings (SSSR count). The fourth-order valence-electron chi connectivity index (χ4n) is 2.90. The van der Waals surface area contributed by atoms with E-state index in [4.69, 9.17) is 0 Å². The largest absolute Gasteiger partial charge is 0.325 e. The lowest BCUT2D eigenvalue weighted by Gasteiger charge is -2.17. The van der Waals surface area contributed by atoms with Crippen LogP contribution in [-0.4, -0.2) is 21.1 Å². The molecule has 146 valence electrons. The van der Waals surface area contributed by atoms with Gasteiger partial charge < -0.3 is 5.32 Å². The molecule has 0 saturated heterocycles. The Bertz CT molecular complexity index is 1110. The maximum atomic E-state index is 13.2. The summed E-state index contributed by atoms with van der Waals surface area (Å²) in [6.07, 6.45) is 0. The fourth-order valence-corrected chi connectivity index (χ4v) is 4.47. The fraction of sp³-hybridized carbons (Fsp3) is 0.136. The summed E-state index contributed by atoms with van der Waals surface area (Å²) < 4.78 is 0. The first-order valence-corrected chi connectivity index (χ1v) is 10.9. The van der Waals surface area contributed by atoms with Crippen LogP contribution in [0, 0.1) is 13.8 Å². The van der Waals surface area contributed by atoms with Gasteiger partial charge in [0.15, 0.2) is 5.82 Å². The summed E-state index contributed by atoms with van der Waals surface area (Å²) >= 11 is 2.93. The molecule has 29 heavy (non-hydrogen) atoms. The third-order valence-corrected chi connectivity index (χ3v) is 6.43. The molecule has 0 aliphatic carbocycles. The van der Waals surface area contributed by atoms with E-state index >= 15 is 0 Å². The number of rotatable bonds is 6. The number of aromatic nitrogens is 3. The van der Waals surface area contributed by atoms with Crippen molar-refractivity contribution in [2.24, 2.45) is 0 Å². The Morgan fingerprint density at radius 3 is 2.69 bits per heavy atom. The van der Waals surface area contributed by atoms with Crippen LogP contribution in [0.2, 0.25) is 0 Å². The first-order valence-electron chi connectivity index (χ1n) is 9.16. The van der Waals surface area contributed by atoms with Crippen molar-refractivity contribution in [2.75, 3.05) is 5.32 Å². The number of nitrogens with zero attached hydrogens (tertiary/aromatic N) is 2. The number of carbonyl (C=O) groups excluding carboxylic acids is 1. The summed E-state index contributed by atoms with van der Waals surface area (Å²) in [6.45, 7) is 4.00. The van der Waals surface area contributed by atoms with Gasteiger partial charge in [0.05, 0.1) is 4.88 Å². The number of thiophene rings is 1. The zero-order valence-corrected chi connectivity index (χ0v) is 17.7. The van der Waals surface area contributed by atoms with Crippen molar-refractivity contribution in [1.82, 2.24) is 15.2 Å². The highest BCUT2D eigenvalue weighted by molar-refractivity contribution is 8.00. The van der Waals surface area contributed by atoms with Crippen molar-refractivity contribution in [1.29, 1.82) is 0 Å². The number of hydrogen-bond acceptors (Lipinski definition) is 5. The molecule has 0 spiro atoms. The van der Waals surface area contributed by atoms with Crippen LogP contribution < -0.4 is 5.32 Å². The van der Waals surface area contributed by atoms with Crippen LogP contribution in [0.1, 0.15) is 21.9 Å². The average molecular weight is 421 g/mol. The third-order valence-electron chi connectivity index (χ3n) is 4.43. The van der Waals surface area contributed by atoms with Crippen LogP contribution in [-0.2, 0) is 4.79 Å². The minimum atomic E-state index is -0.469. The molecule has 2 heterocycles. The van der Waals surface area contributed by atoms with Gasteiger partial charge in [-0.05, 0) is 48.1 Å². The standard InChI is InChI=1S/C22H20N4OS2/c1-14-10-11-15(2)17(13-14)23-21(27)19(16-7-4-3-5-8-16)29-22-24-20(25-26-22)18-9-6-12-28-18/h3-13,19H,1-2H3,(H,23,27)(H,24,25,26)/t19-/m0/s1. The van der Waals surface area contributed by atoms with Crippen molar-refractivity contribution >= 4 is 34.7 Å². The van der Waals surface area contributed by atoms with Gasteiger partial charge in [-0.15, -0.1) is 16.4 Å². The zero-order chi connectivity index (χ0) is 20.2. The molecule has 0 saturated carbocycles. The van der Waals surface area contributed by atoms with Crippen LogP contribution in [0.4, 0.5) is 5.69 Å². The van der Waals surface area contributed by atoms with E-state index in [2.05, 4.69) is 20.5 Å². The number of anilines is 1. The number of H-pyrrole nitrogens is 1. The van der Waals surface area contributed by atoms with Gasteiger partial charge in [0.1, 0.15) is 5.25 Å². The number of aromatic amines is 1. The predicted molar refractivity (Wildman–Crippen MR) is 119 cm³/mol. The van der Waals surface area contributed by atoms with Gasteiger partial charge in [-0.1, -0.05) is 60.3 Å². The second-order valence-corrected chi connectivity index (χ2v) is 8.68. The number of carbonyl (C=O) groups is 1. The van der Waals surface area contributed by atoms with Crippen LogP contribution in [0.25, 0.3) is 10.7 Å². The smallest absolute Gasteiger partial charge is 0.242 e. The molecule has 0 fully saturated rings. The summed E-state index contributed by atoms with van der Waals surface area (Å²) in [7, 11) is 0. The van der Waals surface area contributed by atoms with Crippen molar-refractivity contribution in [3.05, 3.63) is 82.7 Å². The normalized spacial score (nSPS) is 11.9. The Kier molecular flexibility index (Phi) is 5.78. The molecular weight excluding hydrogens is 400 g/mol. The Balaban J connectivity index is 1.60. The van der Waals surface area contributed by atoms with E-state index in [9.17, 15) is 4.79 Å². The number of aryl methyl sites for hydroxylation is 2. The highest BCUT2D eigenvalue weighted by atomic mass is 32.2. The van der Waals surface area contributed by atoms with Crippen molar-refractivity contribution in [3.63, 3.8) is 0 Å². The number of benzene rings is 2. The minimum Gasteiger partial charge on any atom is -0.325 e. The molecule has 2 aromatic heterocycles. The van der Waals surface area contributed by atoms with E-state index in [1.165, 1.54) is 11.8 Å². The lowest BCUT2D eigenvalue weighted by Crippen LogP contribution is -2.19. The zero-order valence-electron chi connectivity index (χ0n) is 16.0. The first-order chi connectivity index (χ1) is 14.1. The van der Waals surface area contributed by atoms with Gasteiger partial charge in [0, 0.05) is 5.69 Å². The summed E-state index contributed by atoms with van der Waals surface area (Å²) in [4.78, 5) is 18.8. The van der Waals surface area contributed by atoms with E-state index in [0.29, 0.717) is 11.0 Å². The van der Waals surface area contributed by atoms with Crippen LogP contribution >= 0.6 is 23.1 Å². The van der Waals surface area contributed by atoms with Gasteiger partial charge in [-0.3, -0.25) is 9.89 Å². The quantitative estimate of drug-likeness (QED) is 0.397. The maximum Gasteiger partial charge on any atom is 0.242 e. The van der Waals surface area contributed by atoms with E-state index in [1.807, 2.05) is 79.9 Å². The maximum absolute atomic E-state index is 13.2. The molecule has 4 aromatic rings. The number of nitrogens with one attached hydrogen (secondary N) is 2. The Labute approximate surface area is 177 Å². The molecule has 0 unspecified atom stereocenters. The Morgan fingerprint density at radius 1 is 1.10 bits per heavy atom. The molecule has 0 aliphatic heterocycles. The summed E-state index contributed by atoms with van der Waals surface area (Å²) in [5.74, 6) is 0.613. The van der Waals surface area contributed by atoms with Gasteiger partial charge in [0.25, 0.3) is 0 Å². The molecule has 0 aliphatic rings. The van der Waals surface area contributed by atoms with E-state index in [1.54, 1.807) is 11.3 Å². The topological polar surface area (TPSA) is 70.7 Å². The highest BCUT2D eigenvalue weighted by Gasteiger charge is 2.25. The monoisotopic (exact) mass is 420 g/mol. The molecule has 2 N–H and O–H groups in total. The predicted octanol–water partition coefficient (Wildman–Crippen LogP) is 5.62. The van der Waals surface area contributed by atoms with Gasteiger partial charge >= 0.3 is 0 Å². The number of hydrogen-bond donors (Lipinski definition) is 2. The average Bonchev–Trinajstić information content (AvgIpc) is 3.41. The first kappa shape index (κ1) is 19.4. The minimum absolute atomic E-state index is 0.0997.